The SMILES string of the molecule is COc1cc(NC(=O)N2CC(N3CCc4sccc4C3)C2)cc(OC)c1OC. The number of anilines is 1. The number of ether oxygens (including phenoxy) is 3. The quantitative estimate of drug-likeness (QED) is 0.831. The molecule has 1 aromatic heterocycles. The lowest BCUT2D eigenvalue weighted by Gasteiger charge is -2.46. The molecule has 0 aliphatic carbocycles. The summed E-state index contributed by atoms with van der Waals surface area (Å²) in [6.45, 7) is 3.55. The van der Waals surface area contributed by atoms with E-state index in [2.05, 4.69) is 21.7 Å². The first-order valence-corrected chi connectivity index (χ1v) is 10.2. The van der Waals surface area contributed by atoms with Gasteiger partial charge in [0.15, 0.2) is 11.5 Å². The van der Waals surface area contributed by atoms with E-state index in [1.807, 2.05) is 16.2 Å². The molecule has 28 heavy (non-hydrogen) atoms. The molecule has 0 atom stereocenters. The fourth-order valence-corrected chi connectivity index (χ4v) is 4.68. The van der Waals surface area contributed by atoms with Crippen molar-refractivity contribution in [3.05, 3.63) is 34.0 Å². The molecule has 0 spiro atoms. The molecule has 2 aliphatic heterocycles. The van der Waals surface area contributed by atoms with Gasteiger partial charge in [-0.2, -0.15) is 0 Å². The largest absolute Gasteiger partial charge is 0.493 e. The van der Waals surface area contributed by atoms with Crippen molar-refractivity contribution in [1.29, 1.82) is 0 Å². The zero-order chi connectivity index (χ0) is 19.7. The molecule has 1 aromatic carbocycles. The van der Waals surface area contributed by atoms with Crippen molar-refractivity contribution in [3.8, 4) is 17.2 Å². The topological polar surface area (TPSA) is 63.3 Å². The molecule has 2 aliphatic rings. The Balaban J connectivity index is 1.36. The van der Waals surface area contributed by atoms with Crippen molar-refractivity contribution in [2.75, 3.05) is 46.3 Å². The van der Waals surface area contributed by atoms with E-state index in [1.165, 1.54) is 10.4 Å². The number of carbonyl (C=O) groups is 1. The Morgan fingerprint density at radius 3 is 2.50 bits per heavy atom. The standard InChI is InChI=1S/C20H25N3O4S/c1-25-16-8-14(9-17(26-2)19(16)27-3)21-20(24)23-11-15(12-23)22-6-4-18-13(10-22)5-7-28-18/h5,7-9,15H,4,6,10-12H2,1-3H3,(H,21,24). The van der Waals surface area contributed by atoms with Gasteiger partial charge in [0, 0.05) is 49.2 Å². The van der Waals surface area contributed by atoms with Crippen LogP contribution in [-0.4, -0.2) is 62.8 Å². The third-order valence-electron chi connectivity index (χ3n) is 5.42. The van der Waals surface area contributed by atoms with E-state index in [1.54, 1.807) is 33.5 Å². The van der Waals surface area contributed by atoms with Crippen LogP contribution in [0.3, 0.4) is 0 Å². The first-order valence-electron chi connectivity index (χ1n) is 9.28. The molecule has 0 radical (unpaired) electrons. The van der Waals surface area contributed by atoms with Crippen LogP contribution in [0, 0.1) is 0 Å². The number of hydrogen-bond donors (Lipinski definition) is 1. The van der Waals surface area contributed by atoms with Crippen LogP contribution >= 0.6 is 11.3 Å². The lowest BCUT2D eigenvalue weighted by molar-refractivity contribution is 0.0533. The maximum Gasteiger partial charge on any atom is 0.321 e. The summed E-state index contributed by atoms with van der Waals surface area (Å²) in [6, 6.07) is 6.01. The fraction of sp³-hybridized carbons (Fsp3) is 0.450. The molecule has 0 saturated carbocycles. The average Bonchev–Trinajstić information content (AvgIpc) is 3.13. The van der Waals surface area contributed by atoms with Gasteiger partial charge in [-0.3, -0.25) is 4.90 Å². The van der Waals surface area contributed by atoms with Gasteiger partial charge in [0.05, 0.1) is 27.0 Å². The summed E-state index contributed by atoms with van der Waals surface area (Å²) < 4.78 is 16.0. The van der Waals surface area contributed by atoms with Crippen LogP contribution in [0.25, 0.3) is 0 Å². The first-order chi connectivity index (χ1) is 13.6. The van der Waals surface area contributed by atoms with Gasteiger partial charge >= 0.3 is 6.03 Å². The van der Waals surface area contributed by atoms with Gasteiger partial charge in [-0.25, -0.2) is 4.79 Å². The third-order valence-corrected chi connectivity index (χ3v) is 6.44. The van der Waals surface area contributed by atoms with E-state index in [0.29, 0.717) is 29.0 Å². The van der Waals surface area contributed by atoms with Gasteiger partial charge in [0.1, 0.15) is 0 Å². The van der Waals surface area contributed by atoms with Crippen molar-refractivity contribution in [3.63, 3.8) is 0 Å². The summed E-state index contributed by atoms with van der Waals surface area (Å²) >= 11 is 1.85. The Morgan fingerprint density at radius 2 is 1.86 bits per heavy atom. The molecule has 0 bridgehead atoms. The second-order valence-electron chi connectivity index (χ2n) is 6.99. The highest BCUT2D eigenvalue weighted by Gasteiger charge is 2.36. The number of fused-ring (bicyclic) bond motifs is 1. The molecule has 1 N–H and O–H groups in total. The van der Waals surface area contributed by atoms with Crippen LogP contribution < -0.4 is 19.5 Å². The summed E-state index contributed by atoms with van der Waals surface area (Å²) in [4.78, 5) is 18.4. The number of likely N-dealkylation sites (tertiary alicyclic amines) is 1. The summed E-state index contributed by atoms with van der Waals surface area (Å²) in [5, 5.41) is 5.11. The minimum Gasteiger partial charge on any atom is -0.493 e. The molecule has 1 fully saturated rings. The van der Waals surface area contributed by atoms with Crippen LogP contribution in [0.5, 0.6) is 17.2 Å². The predicted molar refractivity (Wildman–Crippen MR) is 109 cm³/mol. The predicted octanol–water partition coefficient (Wildman–Crippen LogP) is 3.05. The van der Waals surface area contributed by atoms with Crippen molar-refractivity contribution >= 4 is 23.1 Å². The summed E-state index contributed by atoms with van der Waals surface area (Å²) in [5.41, 5.74) is 2.06. The maximum absolute atomic E-state index is 12.6. The molecule has 0 unspecified atom stereocenters. The Morgan fingerprint density at radius 1 is 1.14 bits per heavy atom. The highest BCUT2D eigenvalue weighted by atomic mass is 32.1. The van der Waals surface area contributed by atoms with Crippen molar-refractivity contribution in [2.24, 2.45) is 0 Å². The van der Waals surface area contributed by atoms with Gasteiger partial charge in [-0.1, -0.05) is 0 Å². The maximum atomic E-state index is 12.6. The summed E-state index contributed by atoms with van der Waals surface area (Å²) in [6.07, 6.45) is 1.11. The molecule has 150 valence electrons. The van der Waals surface area contributed by atoms with E-state index in [-0.39, 0.29) is 6.03 Å². The van der Waals surface area contributed by atoms with E-state index in [0.717, 1.165) is 32.6 Å². The van der Waals surface area contributed by atoms with Crippen LogP contribution in [0.4, 0.5) is 10.5 Å². The second-order valence-corrected chi connectivity index (χ2v) is 7.99. The molecule has 2 amide bonds. The molecule has 3 heterocycles. The Hall–Kier alpha value is -2.45. The van der Waals surface area contributed by atoms with Crippen molar-refractivity contribution in [1.82, 2.24) is 9.80 Å². The van der Waals surface area contributed by atoms with Crippen LogP contribution in [0.15, 0.2) is 23.6 Å². The normalized spacial score (nSPS) is 16.9. The minimum atomic E-state index is -0.112. The molecule has 4 rings (SSSR count). The monoisotopic (exact) mass is 403 g/mol. The van der Waals surface area contributed by atoms with Crippen LogP contribution in [0.2, 0.25) is 0 Å². The molecule has 2 aromatic rings. The van der Waals surface area contributed by atoms with Gasteiger partial charge < -0.3 is 24.4 Å². The Kier molecular flexibility index (Phi) is 5.32. The van der Waals surface area contributed by atoms with Gasteiger partial charge in [0.25, 0.3) is 0 Å². The fourth-order valence-electron chi connectivity index (χ4n) is 3.79. The third kappa shape index (κ3) is 3.49. The summed E-state index contributed by atoms with van der Waals surface area (Å²) in [7, 11) is 4.67. The van der Waals surface area contributed by atoms with E-state index >= 15 is 0 Å². The number of hydrogen-bond acceptors (Lipinski definition) is 6. The number of benzene rings is 1. The smallest absolute Gasteiger partial charge is 0.321 e. The van der Waals surface area contributed by atoms with E-state index in [4.69, 9.17) is 14.2 Å². The lowest BCUT2D eigenvalue weighted by Crippen LogP contribution is -2.62. The zero-order valence-electron chi connectivity index (χ0n) is 16.4. The highest BCUT2D eigenvalue weighted by Crippen LogP contribution is 2.40. The summed E-state index contributed by atoms with van der Waals surface area (Å²) in [5.74, 6) is 1.53. The zero-order valence-corrected chi connectivity index (χ0v) is 17.2. The van der Waals surface area contributed by atoms with Gasteiger partial charge in [-0.05, 0) is 23.4 Å². The van der Waals surface area contributed by atoms with Gasteiger partial charge in [0.2, 0.25) is 5.75 Å². The Labute approximate surface area is 168 Å². The number of nitrogens with one attached hydrogen (secondary N) is 1. The molecular formula is C20H25N3O4S. The van der Waals surface area contributed by atoms with Crippen molar-refractivity contribution in [2.45, 2.75) is 19.0 Å². The highest BCUT2D eigenvalue weighted by molar-refractivity contribution is 7.10. The number of amides is 2. The molecule has 7 nitrogen and oxygen atoms in total. The van der Waals surface area contributed by atoms with Crippen molar-refractivity contribution < 1.29 is 19.0 Å². The Bertz CT molecular complexity index is 838. The molecular weight excluding hydrogens is 378 g/mol. The number of rotatable bonds is 5. The number of urea groups is 1. The van der Waals surface area contributed by atoms with Crippen LogP contribution in [0.1, 0.15) is 10.4 Å². The second kappa shape index (κ2) is 7.89. The number of nitrogens with zero attached hydrogens (tertiary/aromatic N) is 2. The first kappa shape index (κ1) is 18.9. The van der Waals surface area contributed by atoms with E-state index in [9.17, 15) is 4.79 Å². The molecule has 1 saturated heterocycles. The molecule has 8 heteroatoms. The lowest BCUT2D eigenvalue weighted by atomic mass is 10.0. The minimum absolute atomic E-state index is 0.112. The average molecular weight is 404 g/mol. The number of methoxy groups -OCH3 is 3. The van der Waals surface area contributed by atoms with Crippen LogP contribution in [-0.2, 0) is 13.0 Å². The number of thiophene rings is 1. The van der Waals surface area contributed by atoms with E-state index < -0.39 is 0 Å². The number of carbonyl (C=O) groups excluding carboxylic acids is 1. The van der Waals surface area contributed by atoms with Gasteiger partial charge in [-0.15, -0.1) is 11.3 Å².